The molecule has 1 aromatic rings. The maximum atomic E-state index is 10.3. The molecule has 3 heteroatoms. The van der Waals surface area contributed by atoms with Crippen LogP contribution in [-0.4, -0.2) is 10.6 Å². The van der Waals surface area contributed by atoms with Crippen molar-refractivity contribution >= 4 is 15.9 Å². The van der Waals surface area contributed by atoms with E-state index in [2.05, 4.69) is 22.0 Å². The zero-order valence-corrected chi connectivity index (χ0v) is 12.8. The zero-order valence-electron chi connectivity index (χ0n) is 11.2. The van der Waals surface area contributed by atoms with Crippen LogP contribution in [0.15, 0.2) is 10.5 Å². The lowest BCUT2D eigenvalue weighted by atomic mass is 9.88. The van der Waals surface area contributed by atoms with Crippen LogP contribution in [0.25, 0.3) is 0 Å². The Labute approximate surface area is 118 Å². The summed E-state index contributed by atoms with van der Waals surface area (Å²) in [6, 6.07) is 2.09. The van der Waals surface area contributed by atoms with E-state index >= 15 is 0 Å². The molecule has 0 amide bonds. The van der Waals surface area contributed by atoms with Crippen LogP contribution in [0.1, 0.15) is 49.8 Å². The molecule has 1 aliphatic carbocycles. The Balaban J connectivity index is 2.51. The van der Waals surface area contributed by atoms with Crippen molar-refractivity contribution in [1.82, 2.24) is 0 Å². The summed E-state index contributed by atoms with van der Waals surface area (Å²) in [5.41, 5.74) is 9.61. The second-order valence-corrected chi connectivity index (χ2v) is 6.90. The molecule has 0 aliphatic heterocycles. The average molecular weight is 312 g/mol. The first-order valence-electron chi connectivity index (χ1n) is 6.69. The van der Waals surface area contributed by atoms with Gasteiger partial charge < -0.3 is 10.8 Å². The van der Waals surface area contributed by atoms with Gasteiger partial charge in [-0.3, -0.25) is 0 Å². The van der Waals surface area contributed by atoms with Gasteiger partial charge in [0.1, 0.15) is 5.75 Å². The standard InChI is InChI=1S/C15H22BrNO/c1-15(2,17)9-12-11-7-5-3-4-6-10(11)8-13(16)14(12)18/h8,18H,3-7,9,17H2,1-2H3. The van der Waals surface area contributed by atoms with Crippen molar-refractivity contribution in [1.29, 1.82) is 0 Å². The van der Waals surface area contributed by atoms with E-state index < -0.39 is 0 Å². The Kier molecular flexibility index (Phi) is 4.02. The van der Waals surface area contributed by atoms with Gasteiger partial charge in [0.15, 0.2) is 0 Å². The number of nitrogens with two attached hydrogens (primary N) is 1. The maximum absolute atomic E-state index is 10.3. The summed E-state index contributed by atoms with van der Waals surface area (Å²) >= 11 is 3.47. The van der Waals surface area contributed by atoms with Crippen LogP contribution in [0.5, 0.6) is 5.75 Å². The normalized spacial score (nSPS) is 16.2. The third-order valence-electron chi connectivity index (χ3n) is 3.57. The van der Waals surface area contributed by atoms with E-state index in [4.69, 9.17) is 5.73 Å². The molecule has 1 aliphatic rings. The molecular weight excluding hydrogens is 290 g/mol. The van der Waals surface area contributed by atoms with Gasteiger partial charge in [0, 0.05) is 11.1 Å². The number of aromatic hydroxyl groups is 1. The molecule has 0 saturated carbocycles. The van der Waals surface area contributed by atoms with Gasteiger partial charge >= 0.3 is 0 Å². The number of benzene rings is 1. The Hall–Kier alpha value is -0.540. The SMILES string of the molecule is CC(C)(N)Cc1c(O)c(Br)cc2c1CCCCC2. The average Bonchev–Trinajstić information content (AvgIpc) is 2.48. The van der Waals surface area contributed by atoms with Gasteiger partial charge in [0.2, 0.25) is 0 Å². The summed E-state index contributed by atoms with van der Waals surface area (Å²) in [6.07, 6.45) is 6.65. The molecule has 3 N–H and O–H groups in total. The molecule has 0 unspecified atom stereocenters. The summed E-state index contributed by atoms with van der Waals surface area (Å²) in [6.45, 7) is 4.02. The molecule has 0 aromatic heterocycles. The third kappa shape index (κ3) is 3.07. The number of hydrogen-bond donors (Lipinski definition) is 2. The van der Waals surface area contributed by atoms with Gasteiger partial charge in [-0.2, -0.15) is 0 Å². The highest BCUT2D eigenvalue weighted by atomic mass is 79.9. The van der Waals surface area contributed by atoms with Gasteiger partial charge in [-0.15, -0.1) is 0 Å². The number of phenolic OH excluding ortho intramolecular Hbond substituents is 1. The van der Waals surface area contributed by atoms with Crippen molar-refractivity contribution in [2.75, 3.05) is 0 Å². The first-order chi connectivity index (χ1) is 8.38. The topological polar surface area (TPSA) is 46.2 Å². The van der Waals surface area contributed by atoms with Crippen LogP contribution in [0.3, 0.4) is 0 Å². The van der Waals surface area contributed by atoms with Crippen LogP contribution in [-0.2, 0) is 19.3 Å². The van der Waals surface area contributed by atoms with E-state index in [-0.39, 0.29) is 5.54 Å². The third-order valence-corrected chi connectivity index (χ3v) is 4.17. The molecule has 2 nitrogen and oxygen atoms in total. The highest BCUT2D eigenvalue weighted by Crippen LogP contribution is 2.37. The Morgan fingerprint density at radius 1 is 1.28 bits per heavy atom. The molecule has 1 aromatic carbocycles. The van der Waals surface area contributed by atoms with Crippen molar-refractivity contribution < 1.29 is 5.11 Å². The monoisotopic (exact) mass is 311 g/mol. The molecule has 2 rings (SSSR count). The van der Waals surface area contributed by atoms with E-state index in [1.54, 1.807) is 0 Å². The predicted molar refractivity (Wildman–Crippen MR) is 79.0 cm³/mol. The van der Waals surface area contributed by atoms with Gasteiger partial charge in [-0.1, -0.05) is 6.42 Å². The van der Waals surface area contributed by atoms with Crippen LogP contribution >= 0.6 is 15.9 Å². The fourth-order valence-electron chi connectivity index (χ4n) is 2.76. The number of rotatable bonds is 2. The van der Waals surface area contributed by atoms with E-state index in [9.17, 15) is 5.11 Å². The van der Waals surface area contributed by atoms with Gasteiger partial charge in [0.25, 0.3) is 0 Å². The zero-order chi connectivity index (χ0) is 13.3. The molecule has 0 heterocycles. The van der Waals surface area contributed by atoms with Crippen LogP contribution < -0.4 is 5.73 Å². The van der Waals surface area contributed by atoms with Crippen LogP contribution in [0, 0.1) is 0 Å². The van der Waals surface area contributed by atoms with Crippen LogP contribution in [0.4, 0.5) is 0 Å². The van der Waals surface area contributed by atoms with E-state index in [0.717, 1.165) is 29.3 Å². The van der Waals surface area contributed by atoms with Crippen molar-refractivity contribution in [2.24, 2.45) is 5.73 Å². The first-order valence-corrected chi connectivity index (χ1v) is 7.49. The maximum Gasteiger partial charge on any atom is 0.133 e. The van der Waals surface area contributed by atoms with Gasteiger partial charge in [-0.25, -0.2) is 0 Å². The summed E-state index contributed by atoms with van der Waals surface area (Å²) < 4.78 is 0.808. The minimum atomic E-state index is -0.293. The number of halogens is 1. The van der Waals surface area contributed by atoms with Crippen molar-refractivity contribution in [3.05, 3.63) is 27.2 Å². The molecular formula is C15H22BrNO. The molecule has 0 spiro atoms. The number of phenols is 1. The number of fused-ring (bicyclic) bond motifs is 1. The first kappa shape index (κ1) is 13.9. The summed E-state index contributed by atoms with van der Waals surface area (Å²) in [5, 5.41) is 10.3. The molecule has 0 radical (unpaired) electrons. The molecule has 0 atom stereocenters. The van der Waals surface area contributed by atoms with Crippen molar-refractivity contribution in [3.63, 3.8) is 0 Å². The lowest BCUT2D eigenvalue weighted by Crippen LogP contribution is -2.35. The van der Waals surface area contributed by atoms with E-state index in [1.807, 2.05) is 13.8 Å². The second kappa shape index (κ2) is 5.22. The smallest absolute Gasteiger partial charge is 0.133 e. The summed E-state index contributed by atoms with van der Waals surface area (Å²) in [4.78, 5) is 0. The van der Waals surface area contributed by atoms with Gasteiger partial charge in [0.05, 0.1) is 4.47 Å². The fraction of sp³-hybridized carbons (Fsp3) is 0.600. The molecule has 18 heavy (non-hydrogen) atoms. The lowest BCUT2D eigenvalue weighted by molar-refractivity contribution is 0.444. The van der Waals surface area contributed by atoms with Crippen molar-refractivity contribution in [2.45, 2.75) is 57.9 Å². The van der Waals surface area contributed by atoms with Crippen LogP contribution in [0.2, 0.25) is 0 Å². The summed E-state index contributed by atoms with van der Waals surface area (Å²) in [5.74, 6) is 0.383. The fourth-order valence-corrected chi connectivity index (χ4v) is 3.28. The molecule has 0 saturated heterocycles. The highest BCUT2D eigenvalue weighted by molar-refractivity contribution is 9.10. The predicted octanol–water partition coefficient (Wildman–Crippen LogP) is 3.70. The quantitative estimate of drug-likeness (QED) is 0.818. The largest absolute Gasteiger partial charge is 0.506 e. The Morgan fingerprint density at radius 3 is 2.61 bits per heavy atom. The summed E-state index contributed by atoms with van der Waals surface area (Å²) in [7, 11) is 0. The Bertz CT molecular complexity index is 449. The minimum absolute atomic E-state index is 0.293. The molecule has 0 fully saturated rings. The van der Waals surface area contributed by atoms with Crippen molar-refractivity contribution in [3.8, 4) is 5.75 Å². The number of aryl methyl sites for hydroxylation is 1. The number of hydrogen-bond acceptors (Lipinski definition) is 2. The highest BCUT2D eigenvalue weighted by Gasteiger charge is 2.22. The molecule has 0 bridgehead atoms. The second-order valence-electron chi connectivity index (χ2n) is 6.05. The van der Waals surface area contributed by atoms with Gasteiger partial charge in [-0.05, 0) is 79.1 Å². The lowest BCUT2D eigenvalue weighted by Gasteiger charge is -2.23. The Morgan fingerprint density at radius 2 is 1.94 bits per heavy atom. The minimum Gasteiger partial charge on any atom is -0.506 e. The van der Waals surface area contributed by atoms with E-state index in [0.29, 0.717) is 5.75 Å². The van der Waals surface area contributed by atoms with E-state index in [1.165, 1.54) is 30.4 Å². The molecule has 100 valence electrons.